The second-order valence-corrected chi connectivity index (χ2v) is 4.68. The summed E-state index contributed by atoms with van der Waals surface area (Å²) in [7, 11) is 2.99. The van der Waals surface area contributed by atoms with Gasteiger partial charge in [0.15, 0.2) is 11.5 Å². The van der Waals surface area contributed by atoms with Crippen LogP contribution in [0, 0.1) is 0 Å². The standard InChI is InChI=1S/C15H22F2N2O4/c1-21-9-5-3-4-8-18-15(20)19-11-6-7-12(22-2)13(10-11)23-14(16)17/h6-7,10,14H,3-5,8-9H2,1-2H3,(H2,18,19,20). The van der Waals surface area contributed by atoms with Crippen molar-refractivity contribution in [3.05, 3.63) is 18.2 Å². The zero-order valence-electron chi connectivity index (χ0n) is 13.2. The van der Waals surface area contributed by atoms with Crippen molar-refractivity contribution in [1.82, 2.24) is 5.32 Å². The summed E-state index contributed by atoms with van der Waals surface area (Å²) >= 11 is 0. The van der Waals surface area contributed by atoms with Gasteiger partial charge in [-0.15, -0.1) is 0 Å². The van der Waals surface area contributed by atoms with Crippen LogP contribution in [0.4, 0.5) is 19.3 Å². The number of carbonyl (C=O) groups is 1. The fourth-order valence-electron chi connectivity index (χ4n) is 1.87. The van der Waals surface area contributed by atoms with Crippen LogP contribution < -0.4 is 20.1 Å². The van der Waals surface area contributed by atoms with Crippen molar-refractivity contribution in [2.75, 3.05) is 32.7 Å². The maximum absolute atomic E-state index is 12.3. The number of amides is 2. The molecule has 0 aromatic heterocycles. The fourth-order valence-corrected chi connectivity index (χ4v) is 1.87. The van der Waals surface area contributed by atoms with Crippen molar-refractivity contribution in [1.29, 1.82) is 0 Å². The van der Waals surface area contributed by atoms with Crippen LogP contribution >= 0.6 is 0 Å². The van der Waals surface area contributed by atoms with Crippen molar-refractivity contribution in [3.8, 4) is 11.5 Å². The molecule has 0 heterocycles. The lowest BCUT2D eigenvalue weighted by atomic mass is 10.2. The van der Waals surface area contributed by atoms with Gasteiger partial charge in [-0.3, -0.25) is 0 Å². The van der Waals surface area contributed by atoms with E-state index in [0.717, 1.165) is 19.3 Å². The zero-order valence-corrected chi connectivity index (χ0v) is 13.2. The smallest absolute Gasteiger partial charge is 0.387 e. The molecule has 2 N–H and O–H groups in total. The number of rotatable bonds is 10. The second kappa shape index (κ2) is 10.6. The third kappa shape index (κ3) is 7.64. The molecular formula is C15H22F2N2O4. The fraction of sp³-hybridized carbons (Fsp3) is 0.533. The highest BCUT2D eigenvalue weighted by Crippen LogP contribution is 2.31. The Morgan fingerprint density at radius 2 is 1.96 bits per heavy atom. The van der Waals surface area contributed by atoms with E-state index in [4.69, 9.17) is 9.47 Å². The van der Waals surface area contributed by atoms with Crippen LogP contribution in [0.5, 0.6) is 11.5 Å². The normalized spacial score (nSPS) is 10.5. The summed E-state index contributed by atoms with van der Waals surface area (Å²) in [6.45, 7) is -1.75. The molecule has 0 aliphatic carbocycles. The lowest BCUT2D eigenvalue weighted by molar-refractivity contribution is -0.0511. The maximum Gasteiger partial charge on any atom is 0.387 e. The van der Waals surface area contributed by atoms with Gasteiger partial charge in [-0.05, 0) is 31.4 Å². The molecule has 0 spiro atoms. The number of urea groups is 1. The van der Waals surface area contributed by atoms with Gasteiger partial charge in [-0.25, -0.2) is 4.79 Å². The molecule has 0 aliphatic heterocycles. The molecule has 0 saturated heterocycles. The summed E-state index contributed by atoms with van der Waals surface area (Å²) in [5, 5.41) is 5.24. The molecule has 1 aromatic rings. The SMILES string of the molecule is COCCCCCNC(=O)Nc1ccc(OC)c(OC(F)F)c1. The number of hydrogen-bond acceptors (Lipinski definition) is 4. The molecule has 0 atom stereocenters. The van der Waals surface area contributed by atoms with Gasteiger partial charge in [0.1, 0.15) is 0 Å². The van der Waals surface area contributed by atoms with Gasteiger partial charge in [0.2, 0.25) is 0 Å². The number of anilines is 1. The lowest BCUT2D eigenvalue weighted by Crippen LogP contribution is -2.29. The van der Waals surface area contributed by atoms with Crippen molar-refractivity contribution in [3.63, 3.8) is 0 Å². The third-order valence-electron chi connectivity index (χ3n) is 2.95. The minimum atomic E-state index is -2.97. The quantitative estimate of drug-likeness (QED) is 0.646. The molecule has 0 fully saturated rings. The average Bonchev–Trinajstić information content (AvgIpc) is 2.50. The largest absolute Gasteiger partial charge is 0.493 e. The van der Waals surface area contributed by atoms with E-state index in [0.29, 0.717) is 18.8 Å². The Morgan fingerprint density at radius 3 is 2.61 bits per heavy atom. The molecule has 1 aromatic carbocycles. The van der Waals surface area contributed by atoms with E-state index >= 15 is 0 Å². The van der Waals surface area contributed by atoms with Crippen LogP contribution in [-0.4, -0.2) is 40.0 Å². The molecule has 0 saturated carbocycles. The van der Waals surface area contributed by atoms with Gasteiger partial charge in [0.25, 0.3) is 0 Å². The number of hydrogen-bond donors (Lipinski definition) is 2. The van der Waals surface area contributed by atoms with Crippen molar-refractivity contribution < 1.29 is 27.8 Å². The molecule has 0 bridgehead atoms. The van der Waals surface area contributed by atoms with Gasteiger partial charge in [0, 0.05) is 32.0 Å². The molecule has 2 amide bonds. The number of benzene rings is 1. The summed E-state index contributed by atoms with van der Waals surface area (Å²) in [6, 6.07) is 3.85. The molecule has 1 rings (SSSR count). The first-order valence-electron chi connectivity index (χ1n) is 7.23. The summed E-state index contributed by atoms with van der Waals surface area (Å²) in [4.78, 5) is 11.7. The van der Waals surface area contributed by atoms with Crippen LogP contribution in [0.15, 0.2) is 18.2 Å². The molecular weight excluding hydrogens is 310 g/mol. The Kier molecular flexibility index (Phi) is 8.74. The van der Waals surface area contributed by atoms with E-state index in [1.807, 2.05) is 0 Å². The van der Waals surface area contributed by atoms with E-state index < -0.39 is 12.6 Å². The number of nitrogens with one attached hydrogen (secondary N) is 2. The van der Waals surface area contributed by atoms with Gasteiger partial charge in [0.05, 0.1) is 7.11 Å². The van der Waals surface area contributed by atoms with Gasteiger partial charge < -0.3 is 24.8 Å². The molecule has 23 heavy (non-hydrogen) atoms. The lowest BCUT2D eigenvalue weighted by Gasteiger charge is -2.12. The zero-order chi connectivity index (χ0) is 17.1. The number of carbonyl (C=O) groups excluding carboxylic acids is 1. The predicted octanol–water partition coefficient (Wildman–Crippen LogP) is 3.23. The number of alkyl halides is 2. The molecule has 130 valence electrons. The van der Waals surface area contributed by atoms with Crippen molar-refractivity contribution in [2.45, 2.75) is 25.9 Å². The Morgan fingerprint density at radius 1 is 1.17 bits per heavy atom. The molecule has 8 heteroatoms. The number of methoxy groups -OCH3 is 2. The summed E-state index contributed by atoms with van der Waals surface area (Å²) in [5.41, 5.74) is 0.332. The van der Waals surface area contributed by atoms with E-state index in [1.54, 1.807) is 7.11 Å². The third-order valence-corrected chi connectivity index (χ3v) is 2.95. The Bertz CT molecular complexity index is 487. The average molecular weight is 332 g/mol. The Hall–Kier alpha value is -2.09. The second-order valence-electron chi connectivity index (χ2n) is 4.68. The molecule has 0 aliphatic rings. The first kappa shape index (κ1) is 19.0. The van der Waals surface area contributed by atoms with Gasteiger partial charge >= 0.3 is 12.6 Å². The highest BCUT2D eigenvalue weighted by atomic mass is 19.3. The highest BCUT2D eigenvalue weighted by molar-refractivity contribution is 5.89. The topological polar surface area (TPSA) is 68.8 Å². The van der Waals surface area contributed by atoms with E-state index in [1.165, 1.54) is 25.3 Å². The minimum Gasteiger partial charge on any atom is -0.493 e. The number of ether oxygens (including phenoxy) is 3. The van der Waals surface area contributed by atoms with Crippen LogP contribution in [0.25, 0.3) is 0 Å². The van der Waals surface area contributed by atoms with Crippen LogP contribution in [0.2, 0.25) is 0 Å². The van der Waals surface area contributed by atoms with Crippen molar-refractivity contribution >= 4 is 11.7 Å². The number of halogens is 2. The van der Waals surface area contributed by atoms with E-state index in [9.17, 15) is 13.6 Å². The van der Waals surface area contributed by atoms with Gasteiger partial charge in [-0.1, -0.05) is 0 Å². The van der Waals surface area contributed by atoms with E-state index in [-0.39, 0.29) is 11.5 Å². The Balaban J connectivity index is 2.45. The van der Waals surface area contributed by atoms with Crippen LogP contribution in [-0.2, 0) is 4.74 Å². The summed E-state index contributed by atoms with van der Waals surface area (Å²) < 4.78 is 38.9. The van der Waals surface area contributed by atoms with Gasteiger partial charge in [-0.2, -0.15) is 8.78 Å². The molecule has 6 nitrogen and oxygen atoms in total. The van der Waals surface area contributed by atoms with E-state index in [2.05, 4.69) is 15.4 Å². The first-order valence-corrected chi connectivity index (χ1v) is 7.23. The minimum absolute atomic E-state index is 0.139. The predicted molar refractivity (Wildman–Crippen MR) is 82.4 cm³/mol. The molecule has 0 unspecified atom stereocenters. The monoisotopic (exact) mass is 332 g/mol. The summed E-state index contributed by atoms with van der Waals surface area (Å²) in [6.07, 6.45) is 2.72. The molecule has 0 radical (unpaired) electrons. The Labute approximate surface area is 134 Å². The van der Waals surface area contributed by atoms with Crippen LogP contribution in [0.1, 0.15) is 19.3 Å². The highest BCUT2D eigenvalue weighted by Gasteiger charge is 2.12. The van der Waals surface area contributed by atoms with Crippen molar-refractivity contribution in [2.24, 2.45) is 0 Å². The first-order chi connectivity index (χ1) is 11.1. The maximum atomic E-state index is 12.3. The number of unbranched alkanes of at least 4 members (excludes halogenated alkanes) is 2. The summed E-state index contributed by atoms with van der Waals surface area (Å²) in [5.74, 6) is 0.0225. The van der Waals surface area contributed by atoms with Crippen LogP contribution in [0.3, 0.4) is 0 Å².